The summed E-state index contributed by atoms with van der Waals surface area (Å²) in [5, 5.41) is 8.41. The molecule has 1 aromatic carbocycles. The van der Waals surface area contributed by atoms with Crippen LogP contribution >= 0.6 is 0 Å². The molecule has 0 amide bonds. The number of benzene rings is 1. The lowest BCUT2D eigenvalue weighted by molar-refractivity contribution is 0.215. The summed E-state index contributed by atoms with van der Waals surface area (Å²) in [4.78, 5) is 0. The van der Waals surface area contributed by atoms with Crippen LogP contribution in [0, 0.1) is 5.92 Å². The summed E-state index contributed by atoms with van der Waals surface area (Å²) in [6.45, 7) is 4.82. The van der Waals surface area contributed by atoms with Crippen LogP contribution < -0.4 is 10.2 Å². The lowest BCUT2D eigenvalue weighted by atomic mass is 10.2. The van der Waals surface area contributed by atoms with Gasteiger partial charge in [-0.2, -0.15) is 0 Å². The summed E-state index contributed by atoms with van der Waals surface area (Å²) in [6.07, 6.45) is 5.85. The minimum atomic E-state index is 0.767. The van der Waals surface area contributed by atoms with Crippen molar-refractivity contribution in [1.29, 1.82) is 0 Å². The van der Waals surface area contributed by atoms with E-state index < -0.39 is 0 Å². The molecular weight excluding hydrogens is 214 g/mol. The van der Waals surface area contributed by atoms with Gasteiger partial charge in [0.25, 0.3) is 0 Å². The number of ether oxygens (including phenoxy) is 1. The predicted molar refractivity (Wildman–Crippen MR) is 70.0 cm³/mol. The van der Waals surface area contributed by atoms with Crippen molar-refractivity contribution in [3.8, 4) is 5.75 Å². The van der Waals surface area contributed by atoms with Crippen molar-refractivity contribution in [1.82, 2.24) is 5.48 Å². The molecule has 1 aromatic rings. The first kappa shape index (κ1) is 13.6. The van der Waals surface area contributed by atoms with E-state index in [1.807, 2.05) is 43.6 Å². The van der Waals surface area contributed by atoms with Crippen molar-refractivity contribution < 1.29 is 9.94 Å². The van der Waals surface area contributed by atoms with Crippen molar-refractivity contribution in [3.63, 3.8) is 0 Å². The van der Waals surface area contributed by atoms with Crippen LogP contribution in [-0.4, -0.2) is 11.8 Å². The van der Waals surface area contributed by atoms with E-state index in [9.17, 15) is 0 Å². The zero-order valence-corrected chi connectivity index (χ0v) is 10.5. The predicted octanol–water partition coefficient (Wildman–Crippen LogP) is 3.45. The largest absolute Gasteiger partial charge is 0.493 e. The molecule has 1 aliphatic rings. The molecule has 17 heavy (non-hydrogen) atoms. The Morgan fingerprint density at radius 1 is 1.41 bits per heavy atom. The average molecular weight is 235 g/mol. The lowest BCUT2D eigenvalue weighted by Crippen LogP contribution is -1.98. The number of rotatable bonds is 5. The van der Waals surface area contributed by atoms with Gasteiger partial charge in [0.15, 0.2) is 0 Å². The average Bonchev–Trinajstić information content (AvgIpc) is 3.21. The third kappa shape index (κ3) is 5.41. The van der Waals surface area contributed by atoms with Gasteiger partial charge in [0.1, 0.15) is 5.75 Å². The molecule has 3 heteroatoms. The van der Waals surface area contributed by atoms with Crippen molar-refractivity contribution in [3.05, 3.63) is 36.0 Å². The SMILES string of the molecule is CC.ON/C=C/c1cccc(OCC2CC2)c1. The molecule has 0 unspecified atom stereocenters. The first-order valence-electron chi connectivity index (χ1n) is 6.17. The minimum absolute atomic E-state index is 0.767. The third-order valence-corrected chi connectivity index (χ3v) is 2.39. The standard InChI is InChI=1S/C12H15NO2.C2H6/c14-13-7-6-10-2-1-3-12(8-10)15-9-11-4-5-11;1-2/h1-3,6-8,11,13-14H,4-5,9H2;1-2H3/b7-6+;. The Morgan fingerprint density at radius 3 is 2.82 bits per heavy atom. The highest BCUT2D eigenvalue weighted by atomic mass is 16.5. The van der Waals surface area contributed by atoms with Gasteiger partial charge in [0.2, 0.25) is 0 Å². The van der Waals surface area contributed by atoms with Crippen molar-refractivity contribution >= 4 is 6.08 Å². The fourth-order valence-corrected chi connectivity index (χ4v) is 1.34. The molecule has 1 aliphatic carbocycles. The summed E-state index contributed by atoms with van der Waals surface area (Å²) in [6, 6.07) is 7.80. The summed E-state index contributed by atoms with van der Waals surface area (Å²) in [5.41, 5.74) is 2.98. The molecule has 3 nitrogen and oxygen atoms in total. The second-order valence-corrected chi connectivity index (χ2v) is 3.79. The maximum Gasteiger partial charge on any atom is 0.119 e. The van der Waals surface area contributed by atoms with Gasteiger partial charge in [-0.3, -0.25) is 10.7 Å². The van der Waals surface area contributed by atoms with Gasteiger partial charge in [0, 0.05) is 6.20 Å². The normalized spacial score (nSPS) is 14.1. The Hall–Kier alpha value is -1.48. The molecule has 1 saturated carbocycles. The first-order chi connectivity index (χ1) is 8.38. The van der Waals surface area contributed by atoms with Crippen LogP contribution in [-0.2, 0) is 0 Å². The van der Waals surface area contributed by atoms with Crippen LogP contribution in [0.3, 0.4) is 0 Å². The summed E-state index contributed by atoms with van der Waals surface area (Å²) < 4.78 is 5.63. The molecule has 0 saturated heterocycles. The molecular formula is C14H21NO2. The fourth-order valence-electron chi connectivity index (χ4n) is 1.34. The highest BCUT2D eigenvalue weighted by Gasteiger charge is 2.21. The second kappa shape index (κ2) is 7.74. The molecule has 0 bridgehead atoms. The van der Waals surface area contributed by atoms with Crippen molar-refractivity contribution in [2.24, 2.45) is 5.92 Å². The maximum absolute atomic E-state index is 8.41. The number of hydrogen-bond donors (Lipinski definition) is 2. The van der Waals surface area contributed by atoms with Crippen molar-refractivity contribution in [2.45, 2.75) is 26.7 Å². The molecule has 0 heterocycles. The van der Waals surface area contributed by atoms with Gasteiger partial charge >= 0.3 is 0 Å². The molecule has 0 aliphatic heterocycles. The quantitative estimate of drug-likeness (QED) is 0.768. The van der Waals surface area contributed by atoms with E-state index >= 15 is 0 Å². The Morgan fingerprint density at radius 2 is 2.18 bits per heavy atom. The van der Waals surface area contributed by atoms with E-state index in [1.54, 1.807) is 6.08 Å². The van der Waals surface area contributed by atoms with Crippen LogP contribution in [0.4, 0.5) is 0 Å². The zero-order valence-electron chi connectivity index (χ0n) is 10.5. The molecule has 0 atom stereocenters. The van der Waals surface area contributed by atoms with Gasteiger partial charge < -0.3 is 4.74 Å². The van der Waals surface area contributed by atoms with Gasteiger partial charge in [-0.25, -0.2) is 0 Å². The smallest absolute Gasteiger partial charge is 0.119 e. The van der Waals surface area contributed by atoms with Crippen molar-refractivity contribution in [2.75, 3.05) is 6.61 Å². The van der Waals surface area contributed by atoms with E-state index in [2.05, 4.69) is 0 Å². The zero-order chi connectivity index (χ0) is 12.5. The Kier molecular flexibility index (Phi) is 6.18. The number of hydroxylamine groups is 1. The number of hydrogen-bond acceptors (Lipinski definition) is 3. The van der Waals surface area contributed by atoms with Gasteiger partial charge in [0.05, 0.1) is 6.61 Å². The molecule has 2 N–H and O–H groups in total. The molecule has 94 valence electrons. The van der Waals surface area contributed by atoms with Gasteiger partial charge in [-0.15, -0.1) is 0 Å². The highest BCUT2D eigenvalue weighted by Crippen LogP contribution is 2.29. The van der Waals surface area contributed by atoms with Crippen LogP contribution in [0.2, 0.25) is 0 Å². The Labute approximate surface area is 103 Å². The maximum atomic E-state index is 8.41. The third-order valence-electron chi connectivity index (χ3n) is 2.39. The summed E-state index contributed by atoms with van der Waals surface area (Å²) in [7, 11) is 0. The van der Waals surface area contributed by atoms with Crippen LogP contribution in [0.25, 0.3) is 6.08 Å². The Bertz CT molecular complexity index is 346. The van der Waals surface area contributed by atoms with Gasteiger partial charge in [-0.05, 0) is 42.5 Å². The minimum Gasteiger partial charge on any atom is -0.493 e. The van der Waals surface area contributed by atoms with E-state index in [-0.39, 0.29) is 0 Å². The monoisotopic (exact) mass is 235 g/mol. The summed E-state index contributed by atoms with van der Waals surface area (Å²) in [5.74, 6) is 1.66. The lowest BCUT2D eigenvalue weighted by Gasteiger charge is -2.05. The molecule has 0 aromatic heterocycles. The highest BCUT2D eigenvalue weighted by molar-refractivity contribution is 5.51. The first-order valence-corrected chi connectivity index (χ1v) is 6.17. The Balaban J connectivity index is 0.000000686. The molecule has 1 fully saturated rings. The molecule has 0 radical (unpaired) electrons. The molecule has 2 rings (SSSR count). The van der Waals surface area contributed by atoms with Crippen LogP contribution in [0.1, 0.15) is 32.3 Å². The topological polar surface area (TPSA) is 41.5 Å². The fraction of sp³-hybridized carbons (Fsp3) is 0.429. The number of nitrogens with one attached hydrogen (secondary N) is 1. The van der Waals surface area contributed by atoms with E-state index in [0.717, 1.165) is 23.8 Å². The van der Waals surface area contributed by atoms with E-state index in [1.165, 1.54) is 19.0 Å². The van der Waals surface area contributed by atoms with Crippen LogP contribution in [0.5, 0.6) is 5.75 Å². The molecule has 0 spiro atoms. The van der Waals surface area contributed by atoms with E-state index in [4.69, 9.17) is 9.94 Å². The van der Waals surface area contributed by atoms with Gasteiger partial charge in [-0.1, -0.05) is 26.0 Å². The van der Waals surface area contributed by atoms with E-state index in [0.29, 0.717) is 0 Å². The summed E-state index contributed by atoms with van der Waals surface area (Å²) >= 11 is 0. The van der Waals surface area contributed by atoms with Crippen LogP contribution in [0.15, 0.2) is 30.5 Å². The second-order valence-electron chi connectivity index (χ2n) is 3.79.